The molecule has 3 heteroatoms. The standard InChI is InChI=1S/C15H26N2O/c1-2-17(10-6-3-7-11-18)13-15-9-5-4-8-14(15)12-16/h4-5,8-9,18H,2-3,6-7,10-13,16H2,1H3. The monoisotopic (exact) mass is 250 g/mol. The summed E-state index contributed by atoms with van der Waals surface area (Å²) >= 11 is 0. The maximum Gasteiger partial charge on any atom is 0.0431 e. The first-order valence-electron chi connectivity index (χ1n) is 6.91. The molecule has 1 aromatic carbocycles. The Bertz CT molecular complexity index is 328. The molecule has 0 aliphatic carbocycles. The molecular weight excluding hydrogens is 224 g/mol. The molecule has 0 spiro atoms. The summed E-state index contributed by atoms with van der Waals surface area (Å²) < 4.78 is 0. The third kappa shape index (κ3) is 5.17. The first kappa shape index (κ1) is 15.2. The number of rotatable bonds is 9. The third-order valence-electron chi connectivity index (χ3n) is 3.31. The van der Waals surface area contributed by atoms with Crippen LogP contribution in [0.2, 0.25) is 0 Å². The molecule has 3 N–H and O–H groups in total. The molecule has 0 atom stereocenters. The highest BCUT2D eigenvalue weighted by atomic mass is 16.2. The van der Waals surface area contributed by atoms with Crippen molar-refractivity contribution in [1.29, 1.82) is 0 Å². The number of hydrogen-bond donors (Lipinski definition) is 2. The minimum Gasteiger partial charge on any atom is -0.396 e. The second-order valence-corrected chi connectivity index (χ2v) is 4.63. The molecule has 0 aliphatic rings. The van der Waals surface area contributed by atoms with Crippen LogP contribution in [0.15, 0.2) is 24.3 Å². The number of hydrogen-bond acceptors (Lipinski definition) is 3. The molecule has 18 heavy (non-hydrogen) atoms. The van der Waals surface area contributed by atoms with E-state index in [2.05, 4.69) is 30.0 Å². The van der Waals surface area contributed by atoms with Gasteiger partial charge in [0.1, 0.15) is 0 Å². The normalized spacial score (nSPS) is 11.1. The Morgan fingerprint density at radius 3 is 2.44 bits per heavy atom. The van der Waals surface area contributed by atoms with Gasteiger partial charge in [-0.25, -0.2) is 0 Å². The van der Waals surface area contributed by atoms with Gasteiger partial charge < -0.3 is 10.8 Å². The van der Waals surface area contributed by atoms with Crippen LogP contribution in [0.3, 0.4) is 0 Å². The minimum atomic E-state index is 0.308. The van der Waals surface area contributed by atoms with Gasteiger partial charge in [0, 0.05) is 19.7 Å². The Balaban J connectivity index is 2.46. The van der Waals surface area contributed by atoms with E-state index in [1.54, 1.807) is 0 Å². The molecule has 0 bridgehead atoms. The average molecular weight is 250 g/mol. The van der Waals surface area contributed by atoms with Crippen LogP contribution in [0, 0.1) is 0 Å². The Labute approximate surface area is 111 Å². The third-order valence-corrected chi connectivity index (χ3v) is 3.31. The fourth-order valence-corrected chi connectivity index (χ4v) is 2.12. The SMILES string of the molecule is CCN(CCCCCO)Cc1ccccc1CN. The van der Waals surface area contributed by atoms with Crippen LogP contribution in [-0.2, 0) is 13.1 Å². The number of benzene rings is 1. The van der Waals surface area contributed by atoms with Crippen LogP contribution in [0.25, 0.3) is 0 Å². The van der Waals surface area contributed by atoms with Gasteiger partial charge in [0.05, 0.1) is 0 Å². The zero-order valence-electron chi connectivity index (χ0n) is 11.4. The highest BCUT2D eigenvalue weighted by Gasteiger charge is 2.06. The van der Waals surface area contributed by atoms with Gasteiger partial charge in [-0.05, 0) is 43.5 Å². The smallest absolute Gasteiger partial charge is 0.0431 e. The lowest BCUT2D eigenvalue weighted by molar-refractivity contribution is 0.255. The number of nitrogens with zero attached hydrogens (tertiary/aromatic N) is 1. The molecule has 0 aromatic heterocycles. The lowest BCUT2D eigenvalue weighted by Crippen LogP contribution is -2.25. The summed E-state index contributed by atoms with van der Waals surface area (Å²) in [6.07, 6.45) is 3.17. The largest absolute Gasteiger partial charge is 0.396 e. The second-order valence-electron chi connectivity index (χ2n) is 4.63. The Kier molecular flexibility index (Phi) is 7.65. The summed E-state index contributed by atoms with van der Waals surface area (Å²) in [5.41, 5.74) is 8.34. The molecule has 0 saturated carbocycles. The van der Waals surface area contributed by atoms with Crippen molar-refractivity contribution in [3.8, 4) is 0 Å². The summed E-state index contributed by atoms with van der Waals surface area (Å²) in [6.45, 7) is 6.23. The summed E-state index contributed by atoms with van der Waals surface area (Å²) in [4.78, 5) is 2.44. The molecule has 0 radical (unpaired) electrons. The number of aliphatic hydroxyl groups is 1. The van der Waals surface area contributed by atoms with Crippen LogP contribution < -0.4 is 5.73 Å². The minimum absolute atomic E-state index is 0.308. The lowest BCUT2D eigenvalue weighted by Gasteiger charge is -2.21. The highest BCUT2D eigenvalue weighted by molar-refractivity contribution is 5.26. The number of unbranched alkanes of at least 4 members (excludes halogenated alkanes) is 2. The van der Waals surface area contributed by atoms with Gasteiger partial charge in [0.15, 0.2) is 0 Å². The second kappa shape index (κ2) is 9.09. The maximum atomic E-state index is 8.76. The van der Waals surface area contributed by atoms with Crippen molar-refractivity contribution in [3.63, 3.8) is 0 Å². The van der Waals surface area contributed by atoms with Crippen molar-refractivity contribution in [2.45, 2.75) is 39.3 Å². The molecule has 0 heterocycles. The van der Waals surface area contributed by atoms with Crippen molar-refractivity contribution in [3.05, 3.63) is 35.4 Å². The molecule has 1 aromatic rings. The van der Waals surface area contributed by atoms with Gasteiger partial charge in [0.25, 0.3) is 0 Å². The molecule has 0 unspecified atom stereocenters. The van der Waals surface area contributed by atoms with Crippen LogP contribution in [0.4, 0.5) is 0 Å². The zero-order chi connectivity index (χ0) is 13.2. The van der Waals surface area contributed by atoms with Crippen LogP contribution in [0.1, 0.15) is 37.3 Å². The summed E-state index contributed by atoms with van der Waals surface area (Å²) in [6, 6.07) is 8.39. The van der Waals surface area contributed by atoms with Gasteiger partial charge in [-0.1, -0.05) is 31.2 Å². The van der Waals surface area contributed by atoms with Crippen LogP contribution >= 0.6 is 0 Å². The first-order chi connectivity index (χ1) is 8.81. The van der Waals surface area contributed by atoms with Gasteiger partial charge in [0.2, 0.25) is 0 Å². The van der Waals surface area contributed by atoms with Crippen LogP contribution in [-0.4, -0.2) is 29.7 Å². The van der Waals surface area contributed by atoms with Gasteiger partial charge in [-0.15, -0.1) is 0 Å². The van der Waals surface area contributed by atoms with Crippen molar-refractivity contribution < 1.29 is 5.11 Å². The average Bonchev–Trinajstić information content (AvgIpc) is 2.42. The summed E-state index contributed by atoms with van der Waals surface area (Å²) in [5, 5.41) is 8.76. The fourth-order valence-electron chi connectivity index (χ4n) is 2.12. The molecule has 102 valence electrons. The Hall–Kier alpha value is -0.900. The van der Waals surface area contributed by atoms with Crippen molar-refractivity contribution in [2.75, 3.05) is 19.7 Å². The lowest BCUT2D eigenvalue weighted by atomic mass is 10.1. The zero-order valence-corrected chi connectivity index (χ0v) is 11.4. The van der Waals surface area contributed by atoms with E-state index in [-0.39, 0.29) is 0 Å². The molecule has 0 fully saturated rings. The summed E-state index contributed by atoms with van der Waals surface area (Å²) in [7, 11) is 0. The van der Waals surface area contributed by atoms with Gasteiger partial charge in [-0.2, -0.15) is 0 Å². The number of nitrogens with two attached hydrogens (primary N) is 1. The predicted molar refractivity (Wildman–Crippen MR) is 76.2 cm³/mol. The van der Waals surface area contributed by atoms with E-state index >= 15 is 0 Å². The molecule has 1 rings (SSSR count). The van der Waals surface area contributed by atoms with Gasteiger partial charge in [-0.3, -0.25) is 4.90 Å². The molecule has 0 amide bonds. The summed E-state index contributed by atoms with van der Waals surface area (Å²) in [5.74, 6) is 0. The van der Waals surface area contributed by atoms with Crippen molar-refractivity contribution in [2.24, 2.45) is 5.73 Å². The van der Waals surface area contributed by atoms with E-state index in [9.17, 15) is 0 Å². The predicted octanol–water partition coefficient (Wildman–Crippen LogP) is 2.13. The van der Waals surface area contributed by atoms with E-state index in [1.807, 2.05) is 6.07 Å². The quantitative estimate of drug-likeness (QED) is 0.660. The molecule has 0 aliphatic heterocycles. The first-order valence-corrected chi connectivity index (χ1v) is 6.91. The molecular formula is C15H26N2O. The highest BCUT2D eigenvalue weighted by Crippen LogP contribution is 2.12. The van der Waals surface area contributed by atoms with Crippen LogP contribution in [0.5, 0.6) is 0 Å². The van der Waals surface area contributed by atoms with E-state index in [4.69, 9.17) is 10.8 Å². The fraction of sp³-hybridized carbons (Fsp3) is 0.600. The molecule has 0 saturated heterocycles. The van der Waals surface area contributed by atoms with Crippen molar-refractivity contribution in [1.82, 2.24) is 4.90 Å². The Morgan fingerprint density at radius 1 is 1.11 bits per heavy atom. The van der Waals surface area contributed by atoms with E-state index < -0.39 is 0 Å². The van der Waals surface area contributed by atoms with E-state index in [0.717, 1.165) is 38.9 Å². The number of aliphatic hydroxyl groups excluding tert-OH is 1. The van der Waals surface area contributed by atoms with E-state index in [0.29, 0.717) is 13.2 Å². The molecule has 3 nitrogen and oxygen atoms in total. The topological polar surface area (TPSA) is 49.5 Å². The van der Waals surface area contributed by atoms with Gasteiger partial charge >= 0.3 is 0 Å². The maximum absolute atomic E-state index is 8.76. The van der Waals surface area contributed by atoms with E-state index in [1.165, 1.54) is 11.1 Å². The van der Waals surface area contributed by atoms with Crippen molar-refractivity contribution >= 4 is 0 Å². The Morgan fingerprint density at radius 2 is 1.83 bits per heavy atom.